The number of benzene rings is 1. The number of carbonyl (C=O) groups is 1. The van der Waals surface area contributed by atoms with Gasteiger partial charge in [0.15, 0.2) is 5.65 Å². The van der Waals surface area contributed by atoms with Gasteiger partial charge in [0.05, 0.1) is 23.8 Å². The van der Waals surface area contributed by atoms with Crippen molar-refractivity contribution in [3.63, 3.8) is 0 Å². The molecule has 4 aromatic rings. The summed E-state index contributed by atoms with van der Waals surface area (Å²) >= 11 is 0. The molecule has 25 heavy (non-hydrogen) atoms. The zero-order valence-electron chi connectivity index (χ0n) is 13.7. The van der Waals surface area contributed by atoms with Crippen LogP contribution in [0.1, 0.15) is 21.7 Å². The summed E-state index contributed by atoms with van der Waals surface area (Å²) in [6, 6.07) is 4.34. The van der Waals surface area contributed by atoms with Crippen LogP contribution in [-0.2, 0) is 6.54 Å². The normalized spacial score (nSPS) is 11.3. The van der Waals surface area contributed by atoms with Crippen molar-refractivity contribution in [2.45, 2.75) is 13.5 Å². The average Bonchev–Trinajstić information content (AvgIpc) is 3.16. The number of hydrogen-bond donors (Lipinski definition) is 1. The molecule has 0 aliphatic carbocycles. The lowest BCUT2D eigenvalue weighted by atomic mass is 10.3. The van der Waals surface area contributed by atoms with Gasteiger partial charge in [-0.1, -0.05) is 0 Å². The number of aromatic nitrogens is 5. The number of fused-ring (bicyclic) bond motifs is 2. The fraction of sp³-hybridized carbons (Fsp3) is 0.176. The molecule has 0 aliphatic rings. The first-order chi connectivity index (χ1) is 12.0. The van der Waals surface area contributed by atoms with E-state index in [4.69, 9.17) is 0 Å². The van der Waals surface area contributed by atoms with E-state index in [9.17, 15) is 9.18 Å². The Morgan fingerprint density at radius 1 is 1.36 bits per heavy atom. The van der Waals surface area contributed by atoms with Crippen molar-refractivity contribution in [1.82, 2.24) is 29.5 Å². The molecule has 0 saturated carbocycles. The van der Waals surface area contributed by atoms with Gasteiger partial charge in [-0.25, -0.2) is 18.9 Å². The number of rotatable bonds is 3. The minimum atomic E-state index is -0.333. The van der Waals surface area contributed by atoms with Crippen molar-refractivity contribution in [2.24, 2.45) is 0 Å². The third-order valence-corrected chi connectivity index (χ3v) is 3.94. The third kappa shape index (κ3) is 2.71. The summed E-state index contributed by atoms with van der Waals surface area (Å²) in [5.41, 5.74) is 3.14. The first kappa shape index (κ1) is 15.3. The van der Waals surface area contributed by atoms with Crippen LogP contribution in [0.25, 0.3) is 16.7 Å². The molecule has 1 amide bonds. The highest BCUT2D eigenvalue weighted by Crippen LogP contribution is 2.16. The molecule has 1 N–H and O–H groups in total. The molecule has 0 fully saturated rings. The van der Waals surface area contributed by atoms with Crippen LogP contribution in [0.4, 0.5) is 4.39 Å². The fourth-order valence-electron chi connectivity index (χ4n) is 2.73. The van der Waals surface area contributed by atoms with Crippen LogP contribution in [0.15, 0.2) is 36.8 Å². The third-order valence-electron chi connectivity index (χ3n) is 3.94. The molecule has 0 atom stereocenters. The van der Waals surface area contributed by atoms with Gasteiger partial charge in [-0.15, -0.1) is 0 Å². The predicted molar refractivity (Wildman–Crippen MR) is 89.6 cm³/mol. The smallest absolute Gasteiger partial charge is 0.259 e. The van der Waals surface area contributed by atoms with Crippen LogP contribution in [0, 0.1) is 12.7 Å². The average molecular weight is 338 g/mol. The van der Waals surface area contributed by atoms with Crippen molar-refractivity contribution in [1.29, 1.82) is 0 Å². The van der Waals surface area contributed by atoms with Gasteiger partial charge in [-0.2, -0.15) is 5.10 Å². The monoisotopic (exact) mass is 338 g/mol. The zero-order chi connectivity index (χ0) is 17.6. The minimum Gasteiger partial charge on any atom is -0.340 e. The van der Waals surface area contributed by atoms with Crippen molar-refractivity contribution in [2.75, 3.05) is 7.05 Å². The number of hydrogen-bond acceptors (Lipinski definition) is 4. The Hall–Kier alpha value is -3.29. The molecule has 8 heteroatoms. The van der Waals surface area contributed by atoms with E-state index in [1.54, 1.807) is 23.8 Å². The van der Waals surface area contributed by atoms with Crippen molar-refractivity contribution < 1.29 is 9.18 Å². The first-order valence-corrected chi connectivity index (χ1v) is 7.71. The second-order valence-corrected chi connectivity index (χ2v) is 5.96. The number of H-pyrrole nitrogens is 1. The molecule has 7 nitrogen and oxygen atoms in total. The van der Waals surface area contributed by atoms with Crippen LogP contribution in [-0.4, -0.2) is 42.4 Å². The van der Waals surface area contributed by atoms with Gasteiger partial charge in [0, 0.05) is 19.4 Å². The highest BCUT2D eigenvalue weighted by atomic mass is 19.1. The topological polar surface area (TPSA) is 79.2 Å². The van der Waals surface area contributed by atoms with Gasteiger partial charge in [0.2, 0.25) is 0 Å². The Bertz CT molecular complexity index is 1100. The molecule has 0 unspecified atom stereocenters. The number of imidazole rings is 1. The van der Waals surface area contributed by atoms with Gasteiger partial charge in [-0.3, -0.25) is 4.79 Å². The molecule has 0 saturated heterocycles. The van der Waals surface area contributed by atoms with Crippen LogP contribution in [0.3, 0.4) is 0 Å². The molecule has 3 aromatic heterocycles. The quantitative estimate of drug-likeness (QED) is 0.622. The molecule has 3 heterocycles. The largest absolute Gasteiger partial charge is 0.340 e. The van der Waals surface area contributed by atoms with Crippen molar-refractivity contribution in [3.8, 4) is 0 Å². The molecular formula is C17H15FN6O. The number of nitrogens with one attached hydrogen (secondary N) is 1. The SMILES string of the molecule is Cc1cnc2c(C(=O)N(C)Cc3nc4ccc(F)cc4[nH]3)cnn2c1. The zero-order valence-corrected chi connectivity index (χ0v) is 13.7. The van der Waals surface area contributed by atoms with E-state index in [0.717, 1.165) is 5.56 Å². The van der Waals surface area contributed by atoms with Gasteiger partial charge in [0.1, 0.15) is 17.2 Å². The second kappa shape index (κ2) is 5.66. The highest BCUT2D eigenvalue weighted by molar-refractivity contribution is 5.99. The van der Waals surface area contributed by atoms with Crippen LogP contribution in [0.2, 0.25) is 0 Å². The lowest BCUT2D eigenvalue weighted by Gasteiger charge is -2.14. The Balaban J connectivity index is 1.60. The number of aromatic amines is 1. The molecule has 0 aliphatic heterocycles. The molecule has 4 rings (SSSR count). The van der Waals surface area contributed by atoms with E-state index in [-0.39, 0.29) is 18.3 Å². The van der Waals surface area contributed by atoms with Crippen molar-refractivity contribution in [3.05, 3.63) is 59.6 Å². The van der Waals surface area contributed by atoms with Crippen LogP contribution in [0.5, 0.6) is 0 Å². The summed E-state index contributed by atoms with van der Waals surface area (Å²) in [6.45, 7) is 2.17. The summed E-state index contributed by atoms with van der Waals surface area (Å²) in [5, 5.41) is 4.18. The maximum atomic E-state index is 13.3. The Morgan fingerprint density at radius 3 is 3.04 bits per heavy atom. The summed E-state index contributed by atoms with van der Waals surface area (Å²) < 4.78 is 14.9. The first-order valence-electron chi connectivity index (χ1n) is 7.71. The van der Waals surface area contributed by atoms with Gasteiger partial charge in [-0.05, 0) is 30.7 Å². The number of carbonyl (C=O) groups excluding carboxylic acids is 1. The summed E-state index contributed by atoms with van der Waals surface area (Å²) in [6.07, 6.45) is 5.02. The number of amides is 1. The Morgan fingerprint density at radius 2 is 2.20 bits per heavy atom. The van der Waals surface area contributed by atoms with Crippen molar-refractivity contribution >= 4 is 22.6 Å². The standard InChI is InChI=1S/C17H15FN6O/c1-10-6-19-16-12(7-20-24(16)8-10)17(25)23(2)9-15-21-13-4-3-11(18)5-14(13)22-15/h3-8H,9H2,1-2H3,(H,21,22). The van der Waals surface area contributed by atoms with E-state index in [2.05, 4.69) is 20.1 Å². The maximum absolute atomic E-state index is 13.3. The molecule has 0 spiro atoms. The molecule has 0 bridgehead atoms. The van der Waals surface area contributed by atoms with E-state index < -0.39 is 0 Å². The fourth-order valence-corrected chi connectivity index (χ4v) is 2.73. The minimum absolute atomic E-state index is 0.210. The van der Waals surface area contributed by atoms with E-state index in [0.29, 0.717) is 28.1 Å². The van der Waals surface area contributed by atoms with E-state index in [1.165, 1.54) is 23.2 Å². The molecule has 0 radical (unpaired) electrons. The summed E-state index contributed by atoms with van der Waals surface area (Å²) in [7, 11) is 1.67. The van der Waals surface area contributed by atoms with Gasteiger partial charge in [0.25, 0.3) is 5.91 Å². The summed E-state index contributed by atoms with van der Waals surface area (Å²) in [5.74, 6) is 0.0366. The maximum Gasteiger partial charge on any atom is 0.259 e. The Labute approximate surface area is 142 Å². The molecule has 126 valence electrons. The number of nitrogens with zero attached hydrogens (tertiary/aromatic N) is 5. The van der Waals surface area contributed by atoms with Gasteiger partial charge >= 0.3 is 0 Å². The second-order valence-electron chi connectivity index (χ2n) is 5.96. The lowest BCUT2D eigenvalue weighted by Crippen LogP contribution is -2.26. The van der Waals surface area contributed by atoms with E-state index in [1.807, 2.05) is 13.1 Å². The van der Waals surface area contributed by atoms with Gasteiger partial charge < -0.3 is 9.88 Å². The molecule has 1 aromatic carbocycles. The lowest BCUT2D eigenvalue weighted by molar-refractivity contribution is 0.0783. The Kier molecular flexibility index (Phi) is 3.45. The predicted octanol–water partition coefficient (Wildman–Crippen LogP) is 2.33. The highest BCUT2D eigenvalue weighted by Gasteiger charge is 2.19. The summed E-state index contributed by atoms with van der Waals surface area (Å²) in [4.78, 5) is 25.9. The van der Waals surface area contributed by atoms with Crippen LogP contribution >= 0.6 is 0 Å². The van der Waals surface area contributed by atoms with E-state index >= 15 is 0 Å². The number of aryl methyl sites for hydroxylation is 1. The molecular weight excluding hydrogens is 323 g/mol. The number of halogens is 1. The van der Waals surface area contributed by atoms with Crippen LogP contribution < -0.4 is 0 Å².